The van der Waals surface area contributed by atoms with Crippen LogP contribution in [0.15, 0.2) is 12.3 Å². The molecule has 3 atom stereocenters. The van der Waals surface area contributed by atoms with Crippen LogP contribution in [0.1, 0.15) is 12.8 Å². The van der Waals surface area contributed by atoms with Crippen molar-refractivity contribution in [3.05, 3.63) is 12.3 Å². The fourth-order valence-corrected chi connectivity index (χ4v) is 1.84. The summed E-state index contributed by atoms with van der Waals surface area (Å²) in [5.74, 6) is 0.612. The standard InChI is InChI=1S/C8H10O2/c9-5-6-1-2-8-7(6)3-4-10-8/h3-8H,1-2H2. The lowest BCUT2D eigenvalue weighted by atomic mass is 9.98. The molecule has 2 heteroatoms. The molecular formula is C8H10O2. The molecule has 54 valence electrons. The molecule has 0 radical (unpaired) electrons. The maximum absolute atomic E-state index is 10.5. The van der Waals surface area contributed by atoms with Crippen LogP contribution in [0.5, 0.6) is 0 Å². The summed E-state index contributed by atoms with van der Waals surface area (Å²) < 4.78 is 5.27. The maximum Gasteiger partial charge on any atom is 0.123 e. The van der Waals surface area contributed by atoms with Crippen LogP contribution in [-0.4, -0.2) is 12.4 Å². The van der Waals surface area contributed by atoms with Crippen molar-refractivity contribution in [1.82, 2.24) is 0 Å². The van der Waals surface area contributed by atoms with Crippen molar-refractivity contribution in [3.63, 3.8) is 0 Å². The van der Waals surface area contributed by atoms with Gasteiger partial charge in [0.2, 0.25) is 0 Å². The van der Waals surface area contributed by atoms with Crippen molar-refractivity contribution in [2.24, 2.45) is 11.8 Å². The van der Waals surface area contributed by atoms with E-state index in [0.29, 0.717) is 12.0 Å². The average Bonchev–Trinajstić information content (AvgIpc) is 2.44. The Balaban J connectivity index is 2.14. The molecule has 0 aromatic carbocycles. The third kappa shape index (κ3) is 0.681. The highest BCUT2D eigenvalue weighted by Crippen LogP contribution is 2.37. The smallest absolute Gasteiger partial charge is 0.123 e. The molecule has 10 heavy (non-hydrogen) atoms. The number of carbonyl (C=O) groups is 1. The third-order valence-corrected chi connectivity index (χ3v) is 2.44. The maximum atomic E-state index is 10.5. The van der Waals surface area contributed by atoms with E-state index in [2.05, 4.69) is 0 Å². The Hall–Kier alpha value is -0.790. The van der Waals surface area contributed by atoms with Crippen molar-refractivity contribution in [2.75, 3.05) is 0 Å². The summed E-state index contributed by atoms with van der Waals surface area (Å²) in [6, 6.07) is 0. The van der Waals surface area contributed by atoms with Gasteiger partial charge in [0.1, 0.15) is 12.4 Å². The fourth-order valence-electron chi connectivity index (χ4n) is 1.84. The minimum absolute atomic E-state index is 0.226. The Labute approximate surface area is 59.9 Å². The first kappa shape index (κ1) is 5.96. The van der Waals surface area contributed by atoms with Gasteiger partial charge in [0.25, 0.3) is 0 Å². The molecule has 1 aliphatic heterocycles. The van der Waals surface area contributed by atoms with Gasteiger partial charge in [-0.2, -0.15) is 0 Å². The minimum atomic E-state index is 0.226. The molecule has 0 amide bonds. The minimum Gasteiger partial charge on any atom is -0.498 e. The lowest BCUT2D eigenvalue weighted by molar-refractivity contribution is -0.111. The zero-order chi connectivity index (χ0) is 6.97. The van der Waals surface area contributed by atoms with Crippen molar-refractivity contribution < 1.29 is 9.53 Å². The van der Waals surface area contributed by atoms with Crippen molar-refractivity contribution in [3.8, 4) is 0 Å². The quantitative estimate of drug-likeness (QED) is 0.507. The normalized spacial score (nSPS) is 43.0. The van der Waals surface area contributed by atoms with Crippen LogP contribution in [0.25, 0.3) is 0 Å². The van der Waals surface area contributed by atoms with Gasteiger partial charge in [0.05, 0.1) is 6.26 Å². The van der Waals surface area contributed by atoms with Gasteiger partial charge in [-0.3, -0.25) is 0 Å². The summed E-state index contributed by atoms with van der Waals surface area (Å²) in [4.78, 5) is 10.5. The zero-order valence-corrected chi connectivity index (χ0v) is 5.69. The Morgan fingerprint density at radius 1 is 1.50 bits per heavy atom. The number of carbonyl (C=O) groups excluding carboxylic acids is 1. The average molecular weight is 138 g/mol. The lowest BCUT2D eigenvalue weighted by Crippen LogP contribution is -2.14. The SMILES string of the molecule is O=CC1CCC2OC=CC12. The molecule has 1 saturated carbocycles. The monoisotopic (exact) mass is 138 g/mol. The number of ether oxygens (including phenoxy) is 1. The third-order valence-electron chi connectivity index (χ3n) is 2.44. The number of hydrogen-bond donors (Lipinski definition) is 0. The van der Waals surface area contributed by atoms with Gasteiger partial charge < -0.3 is 9.53 Å². The lowest BCUT2D eigenvalue weighted by Gasteiger charge is -2.09. The molecule has 0 N–H and O–H groups in total. The molecule has 1 fully saturated rings. The van der Waals surface area contributed by atoms with E-state index in [-0.39, 0.29) is 5.92 Å². The molecule has 2 nitrogen and oxygen atoms in total. The molecule has 2 rings (SSSR count). The predicted octanol–water partition coefficient (Wildman–Crippen LogP) is 1.12. The van der Waals surface area contributed by atoms with Crippen LogP contribution in [0.2, 0.25) is 0 Å². The van der Waals surface area contributed by atoms with E-state index in [1.54, 1.807) is 6.26 Å². The molecule has 3 unspecified atom stereocenters. The van der Waals surface area contributed by atoms with Gasteiger partial charge in [0.15, 0.2) is 0 Å². The summed E-state index contributed by atoms with van der Waals surface area (Å²) in [5, 5.41) is 0. The van der Waals surface area contributed by atoms with Gasteiger partial charge in [-0.05, 0) is 18.9 Å². The first-order valence-corrected chi connectivity index (χ1v) is 3.69. The Bertz CT molecular complexity index is 174. The first-order valence-electron chi connectivity index (χ1n) is 3.69. The van der Waals surface area contributed by atoms with Crippen molar-refractivity contribution >= 4 is 6.29 Å². The van der Waals surface area contributed by atoms with Crippen LogP contribution < -0.4 is 0 Å². The van der Waals surface area contributed by atoms with Gasteiger partial charge in [0, 0.05) is 11.8 Å². The zero-order valence-electron chi connectivity index (χ0n) is 5.69. The Morgan fingerprint density at radius 2 is 2.40 bits per heavy atom. The molecule has 0 spiro atoms. The van der Waals surface area contributed by atoms with Crippen LogP contribution >= 0.6 is 0 Å². The molecule has 1 aliphatic carbocycles. The first-order chi connectivity index (χ1) is 4.92. The van der Waals surface area contributed by atoms with Gasteiger partial charge in [-0.25, -0.2) is 0 Å². The predicted molar refractivity (Wildman–Crippen MR) is 36.3 cm³/mol. The van der Waals surface area contributed by atoms with Crippen LogP contribution in [0.3, 0.4) is 0 Å². The van der Waals surface area contributed by atoms with E-state index in [9.17, 15) is 4.79 Å². The van der Waals surface area contributed by atoms with Crippen molar-refractivity contribution in [1.29, 1.82) is 0 Å². The van der Waals surface area contributed by atoms with E-state index in [0.717, 1.165) is 19.1 Å². The summed E-state index contributed by atoms with van der Waals surface area (Å²) >= 11 is 0. The molecular weight excluding hydrogens is 128 g/mol. The van der Waals surface area contributed by atoms with E-state index >= 15 is 0 Å². The van der Waals surface area contributed by atoms with E-state index in [1.807, 2.05) is 6.08 Å². The number of fused-ring (bicyclic) bond motifs is 1. The molecule has 1 heterocycles. The molecule has 0 aromatic rings. The van der Waals surface area contributed by atoms with Gasteiger partial charge in [-0.1, -0.05) is 0 Å². The van der Waals surface area contributed by atoms with Crippen molar-refractivity contribution in [2.45, 2.75) is 18.9 Å². The summed E-state index contributed by atoms with van der Waals surface area (Å²) in [5.41, 5.74) is 0. The summed E-state index contributed by atoms with van der Waals surface area (Å²) in [6.07, 6.45) is 7.16. The van der Waals surface area contributed by atoms with E-state index in [1.165, 1.54) is 0 Å². The van der Waals surface area contributed by atoms with E-state index < -0.39 is 0 Å². The Morgan fingerprint density at radius 3 is 3.20 bits per heavy atom. The highest BCUT2D eigenvalue weighted by molar-refractivity contribution is 5.55. The van der Waals surface area contributed by atoms with Crippen LogP contribution in [0, 0.1) is 11.8 Å². The fraction of sp³-hybridized carbons (Fsp3) is 0.625. The highest BCUT2D eigenvalue weighted by atomic mass is 16.5. The summed E-state index contributed by atoms with van der Waals surface area (Å²) in [6.45, 7) is 0. The summed E-state index contributed by atoms with van der Waals surface area (Å²) in [7, 11) is 0. The van der Waals surface area contributed by atoms with Crippen LogP contribution in [-0.2, 0) is 9.53 Å². The molecule has 2 aliphatic rings. The van der Waals surface area contributed by atoms with Gasteiger partial charge >= 0.3 is 0 Å². The Kier molecular flexibility index (Phi) is 1.26. The highest BCUT2D eigenvalue weighted by Gasteiger charge is 2.37. The largest absolute Gasteiger partial charge is 0.498 e. The molecule has 0 saturated heterocycles. The van der Waals surface area contributed by atoms with Crippen LogP contribution in [0.4, 0.5) is 0 Å². The van der Waals surface area contributed by atoms with E-state index in [4.69, 9.17) is 4.74 Å². The second kappa shape index (κ2) is 2.11. The number of aldehydes is 1. The number of rotatable bonds is 1. The topological polar surface area (TPSA) is 26.3 Å². The number of hydrogen-bond acceptors (Lipinski definition) is 2. The second-order valence-electron chi connectivity index (χ2n) is 2.96. The molecule has 0 bridgehead atoms. The van der Waals surface area contributed by atoms with Gasteiger partial charge in [-0.15, -0.1) is 0 Å². The second-order valence-corrected chi connectivity index (χ2v) is 2.96. The molecule has 0 aromatic heterocycles.